The van der Waals surface area contributed by atoms with Crippen LogP contribution in [0.4, 0.5) is 39.3 Å². The van der Waals surface area contributed by atoms with Gasteiger partial charge in [0.05, 0.1) is 38.7 Å². The summed E-state index contributed by atoms with van der Waals surface area (Å²) in [4.78, 5) is 6.88. The van der Waals surface area contributed by atoms with Gasteiger partial charge in [-0.3, -0.25) is 0 Å². The van der Waals surface area contributed by atoms with Crippen molar-refractivity contribution in [1.82, 2.24) is 4.98 Å². The monoisotopic (exact) mass is 574 g/mol. The van der Waals surface area contributed by atoms with Gasteiger partial charge in [-0.2, -0.15) is 20.5 Å². The number of hydrogen-bond donors (Lipinski definition) is 0. The molecule has 0 atom stereocenters. The molecule has 0 N–H and O–H groups in total. The standard InChI is InChI=1S/C33H34N8S/c1-4-7-8-24-9-22-31-32(23-24)42-33(34-31)40-39-28-16-14-27(15-17-28)36-35-25-10-12-26(13-11-25)37-38-29-18-20-30(21-19-29)41(5-2)6-3/h9-23H,4-8H2,1-3H3. The molecule has 5 rings (SSSR count). The van der Waals surface area contributed by atoms with Crippen LogP contribution in [0.15, 0.2) is 122 Å². The van der Waals surface area contributed by atoms with Gasteiger partial charge in [-0.25, -0.2) is 4.98 Å². The summed E-state index contributed by atoms with van der Waals surface area (Å²) in [6.07, 6.45) is 3.48. The van der Waals surface area contributed by atoms with Gasteiger partial charge in [0, 0.05) is 18.8 Å². The number of anilines is 1. The van der Waals surface area contributed by atoms with Crippen LogP contribution in [0.2, 0.25) is 0 Å². The minimum atomic E-state index is 0.651. The van der Waals surface area contributed by atoms with Crippen LogP contribution in [0, 0.1) is 0 Å². The highest BCUT2D eigenvalue weighted by molar-refractivity contribution is 7.21. The highest BCUT2D eigenvalue weighted by Gasteiger charge is 2.05. The number of nitrogens with zero attached hydrogens (tertiary/aromatic N) is 8. The summed E-state index contributed by atoms with van der Waals surface area (Å²) in [7, 11) is 0. The molecule has 0 aliphatic carbocycles. The van der Waals surface area contributed by atoms with E-state index in [0.717, 1.165) is 58.2 Å². The number of benzene rings is 4. The summed E-state index contributed by atoms with van der Waals surface area (Å²) in [5, 5.41) is 26.7. The predicted octanol–water partition coefficient (Wildman–Crippen LogP) is 11.7. The molecule has 1 heterocycles. The van der Waals surface area contributed by atoms with Crippen LogP contribution in [0.1, 0.15) is 39.2 Å². The Labute approximate surface area is 250 Å². The van der Waals surface area contributed by atoms with Crippen LogP contribution < -0.4 is 4.90 Å². The molecule has 0 saturated heterocycles. The Hall–Kier alpha value is -4.63. The fourth-order valence-electron chi connectivity index (χ4n) is 4.36. The Morgan fingerprint density at radius 2 is 1.07 bits per heavy atom. The number of aryl methyl sites for hydroxylation is 1. The minimum Gasteiger partial charge on any atom is -0.372 e. The van der Waals surface area contributed by atoms with Crippen LogP contribution in [0.5, 0.6) is 0 Å². The molecule has 8 nitrogen and oxygen atoms in total. The summed E-state index contributed by atoms with van der Waals surface area (Å²) < 4.78 is 1.14. The van der Waals surface area contributed by atoms with Gasteiger partial charge in [0.2, 0.25) is 5.13 Å². The van der Waals surface area contributed by atoms with E-state index in [1.807, 2.05) is 60.7 Å². The number of hydrogen-bond acceptors (Lipinski definition) is 9. The number of azo groups is 3. The maximum atomic E-state index is 4.59. The zero-order valence-corrected chi connectivity index (χ0v) is 25.0. The molecule has 0 aliphatic rings. The number of thiazole rings is 1. The van der Waals surface area contributed by atoms with Crippen molar-refractivity contribution in [1.29, 1.82) is 0 Å². The first-order valence-corrected chi connectivity index (χ1v) is 15.1. The second kappa shape index (κ2) is 14.3. The van der Waals surface area contributed by atoms with E-state index in [1.54, 1.807) is 11.3 Å². The lowest BCUT2D eigenvalue weighted by atomic mass is 10.1. The van der Waals surface area contributed by atoms with Crippen molar-refractivity contribution in [2.75, 3.05) is 18.0 Å². The molecule has 0 saturated carbocycles. The molecule has 0 spiro atoms. The molecule has 9 heteroatoms. The zero-order valence-electron chi connectivity index (χ0n) is 24.2. The van der Waals surface area contributed by atoms with Crippen LogP contribution in [-0.2, 0) is 6.42 Å². The Kier molecular flexibility index (Phi) is 9.85. The summed E-state index contributed by atoms with van der Waals surface area (Å²) in [5.41, 5.74) is 7.25. The molecule has 0 aliphatic heterocycles. The number of unbranched alkanes of at least 4 members (excludes halogenated alkanes) is 1. The van der Waals surface area contributed by atoms with E-state index in [0.29, 0.717) is 5.13 Å². The van der Waals surface area contributed by atoms with Crippen molar-refractivity contribution in [2.24, 2.45) is 30.7 Å². The van der Waals surface area contributed by atoms with E-state index in [9.17, 15) is 0 Å². The van der Waals surface area contributed by atoms with E-state index in [-0.39, 0.29) is 0 Å². The molecule has 212 valence electrons. The molecule has 1 aromatic heterocycles. The quantitative estimate of drug-likeness (QED) is 0.139. The van der Waals surface area contributed by atoms with Crippen LogP contribution in [-0.4, -0.2) is 18.1 Å². The summed E-state index contributed by atoms with van der Waals surface area (Å²) in [6.45, 7) is 8.47. The normalized spacial score (nSPS) is 11.9. The highest BCUT2D eigenvalue weighted by atomic mass is 32.1. The average Bonchev–Trinajstić information content (AvgIpc) is 3.45. The van der Waals surface area contributed by atoms with Gasteiger partial charge >= 0.3 is 0 Å². The SMILES string of the molecule is CCCCc1ccc2nc(N=Nc3ccc(N=Nc4ccc(N=Nc5ccc(N(CC)CC)cc5)cc4)cc3)sc2c1. The third-order valence-corrected chi connectivity index (χ3v) is 7.65. The van der Waals surface area contributed by atoms with Gasteiger partial charge in [0.15, 0.2) is 0 Å². The van der Waals surface area contributed by atoms with Crippen molar-refractivity contribution in [2.45, 2.75) is 40.0 Å². The van der Waals surface area contributed by atoms with Gasteiger partial charge < -0.3 is 4.90 Å². The van der Waals surface area contributed by atoms with E-state index in [1.165, 1.54) is 24.1 Å². The lowest BCUT2D eigenvalue weighted by molar-refractivity contribution is 0.796. The highest BCUT2D eigenvalue weighted by Crippen LogP contribution is 2.31. The van der Waals surface area contributed by atoms with Crippen LogP contribution in [0.3, 0.4) is 0 Å². The maximum Gasteiger partial charge on any atom is 0.231 e. The Morgan fingerprint density at radius 3 is 1.55 bits per heavy atom. The predicted molar refractivity (Wildman–Crippen MR) is 174 cm³/mol. The van der Waals surface area contributed by atoms with E-state index in [2.05, 4.69) is 91.7 Å². The molecule has 0 fully saturated rings. The lowest BCUT2D eigenvalue weighted by Crippen LogP contribution is -2.21. The largest absolute Gasteiger partial charge is 0.372 e. The van der Waals surface area contributed by atoms with Gasteiger partial charge in [-0.15, -0.1) is 10.2 Å². The van der Waals surface area contributed by atoms with E-state index >= 15 is 0 Å². The molecule has 42 heavy (non-hydrogen) atoms. The maximum absolute atomic E-state index is 4.59. The first-order chi connectivity index (χ1) is 20.6. The second-order valence-corrected chi connectivity index (χ2v) is 10.7. The van der Waals surface area contributed by atoms with Crippen molar-refractivity contribution < 1.29 is 0 Å². The molecular formula is C33H34N8S. The smallest absolute Gasteiger partial charge is 0.231 e. The van der Waals surface area contributed by atoms with Crippen molar-refractivity contribution in [3.63, 3.8) is 0 Å². The summed E-state index contributed by atoms with van der Waals surface area (Å²) in [6, 6.07) is 29.5. The second-order valence-electron chi connectivity index (χ2n) is 9.72. The molecular weight excluding hydrogens is 540 g/mol. The minimum absolute atomic E-state index is 0.651. The van der Waals surface area contributed by atoms with Crippen molar-refractivity contribution in [3.8, 4) is 0 Å². The van der Waals surface area contributed by atoms with Crippen molar-refractivity contribution >= 4 is 60.8 Å². The topological polar surface area (TPSA) is 90.3 Å². The Balaban J connectivity index is 1.15. The third kappa shape index (κ3) is 7.76. The Bertz CT molecular complexity index is 1670. The first kappa shape index (κ1) is 28.9. The third-order valence-electron chi connectivity index (χ3n) is 6.75. The zero-order chi connectivity index (χ0) is 29.1. The first-order valence-electron chi connectivity index (χ1n) is 14.3. The van der Waals surface area contributed by atoms with E-state index in [4.69, 9.17) is 0 Å². The molecule has 0 radical (unpaired) electrons. The summed E-state index contributed by atoms with van der Waals surface area (Å²) >= 11 is 1.56. The molecule has 0 bridgehead atoms. The van der Waals surface area contributed by atoms with Gasteiger partial charge in [-0.1, -0.05) is 30.7 Å². The molecule has 4 aromatic carbocycles. The molecule has 5 aromatic rings. The van der Waals surface area contributed by atoms with Crippen molar-refractivity contribution in [3.05, 3.63) is 96.6 Å². The number of aromatic nitrogens is 1. The van der Waals surface area contributed by atoms with E-state index < -0.39 is 0 Å². The van der Waals surface area contributed by atoms with Crippen LogP contribution in [0.25, 0.3) is 10.2 Å². The van der Waals surface area contributed by atoms with Gasteiger partial charge in [0.1, 0.15) is 0 Å². The fourth-order valence-corrected chi connectivity index (χ4v) is 5.21. The van der Waals surface area contributed by atoms with Crippen LogP contribution >= 0.6 is 11.3 Å². The van der Waals surface area contributed by atoms with Gasteiger partial charge in [-0.05, 0) is 117 Å². The summed E-state index contributed by atoms with van der Waals surface area (Å²) in [5.74, 6) is 0. The molecule has 0 amide bonds. The number of rotatable bonds is 12. The average molecular weight is 575 g/mol. The Morgan fingerprint density at radius 1 is 0.595 bits per heavy atom. The fraction of sp³-hybridized carbons (Fsp3) is 0.242. The number of fused-ring (bicyclic) bond motifs is 1. The molecule has 0 unspecified atom stereocenters. The van der Waals surface area contributed by atoms with Gasteiger partial charge in [0.25, 0.3) is 0 Å². The lowest BCUT2D eigenvalue weighted by Gasteiger charge is -2.20.